The molecule has 4 aliphatic carbocycles. The summed E-state index contributed by atoms with van der Waals surface area (Å²) in [6.45, 7) is 1.09. The van der Waals surface area contributed by atoms with Gasteiger partial charge in [-0.3, -0.25) is 9.26 Å². The van der Waals surface area contributed by atoms with Crippen LogP contribution in [0.2, 0.25) is 0 Å². The molecular weight excluding hydrogens is 331 g/mol. The first-order valence-corrected chi connectivity index (χ1v) is 8.96. The molecule has 0 aromatic rings. The van der Waals surface area contributed by atoms with Crippen molar-refractivity contribution in [3.05, 3.63) is 5.21 Å². The van der Waals surface area contributed by atoms with Crippen LogP contribution in [0.15, 0.2) is 0 Å². The van der Waals surface area contributed by atoms with Crippen LogP contribution in [-0.4, -0.2) is 24.1 Å². The third-order valence-corrected chi connectivity index (χ3v) is 6.09. The largest absolute Gasteiger partial charge is 0.621 e. The molecule has 132 valence electrons. The highest BCUT2D eigenvalue weighted by Gasteiger charge is 2.55. The van der Waals surface area contributed by atoms with E-state index in [1.165, 1.54) is 26.2 Å². The van der Waals surface area contributed by atoms with Crippen molar-refractivity contribution >= 4 is 17.9 Å². The molecule has 8 heteroatoms. The molecule has 2 unspecified atom stereocenters. The van der Waals surface area contributed by atoms with Crippen LogP contribution in [0.5, 0.6) is 0 Å². The Morgan fingerprint density at radius 2 is 1.74 bits per heavy atom. The summed E-state index contributed by atoms with van der Waals surface area (Å²) in [6, 6.07) is 0. The van der Waals surface area contributed by atoms with Gasteiger partial charge in [-0.1, -0.05) is 0 Å². The molecule has 0 aromatic carbocycles. The molecule has 4 aliphatic rings. The van der Waals surface area contributed by atoms with E-state index < -0.39 is 40.0 Å². The molecular formula is C15H22F3NO3S. The first-order valence-electron chi connectivity index (χ1n) is 8.15. The lowest BCUT2D eigenvalue weighted by atomic mass is 9.49. The Morgan fingerprint density at radius 1 is 1.26 bits per heavy atom. The lowest BCUT2D eigenvalue weighted by Gasteiger charge is -2.55. The van der Waals surface area contributed by atoms with E-state index in [1.807, 2.05) is 0 Å². The molecule has 0 heterocycles. The topological polar surface area (TPSA) is 53.8 Å². The van der Waals surface area contributed by atoms with Gasteiger partial charge in [-0.05, 0) is 63.2 Å². The first kappa shape index (κ1) is 17.4. The summed E-state index contributed by atoms with van der Waals surface area (Å²) in [5.41, 5.74) is -5.02. The molecule has 0 radical (unpaired) electrons. The third-order valence-electron chi connectivity index (χ3n) is 5.46. The summed E-state index contributed by atoms with van der Waals surface area (Å²) in [5, 5.41) is 11.4. The van der Waals surface area contributed by atoms with Crippen LogP contribution in [0.25, 0.3) is 0 Å². The standard InChI is InChI=1S/C15H22F3NO3S/c1-9(8-19(21)23-15(16,17)18)22-13(20)14-5-10-2-11(6-14)4-12(3-10)7-14/h9-12,19H,2-8H2,1H3. The molecule has 0 amide bonds. The minimum atomic E-state index is -4.58. The van der Waals surface area contributed by atoms with Crippen molar-refractivity contribution in [3.8, 4) is 0 Å². The van der Waals surface area contributed by atoms with Crippen LogP contribution < -0.4 is 4.47 Å². The molecule has 4 rings (SSSR count). The van der Waals surface area contributed by atoms with Gasteiger partial charge < -0.3 is 9.94 Å². The minimum absolute atomic E-state index is 0.297. The number of carbonyl (C=O) groups is 1. The predicted molar refractivity (Wildman–Crippen MR) is 79.0 cm³/mol. The fourth-order valence-corrected chi connectivity index (χ4v) is 5.69. The highest BCUT2D eigenvalue weighted by molar-refractivity contribution is 7.93. The van der Waals surface area contributed by atoms with E-state index in [0.29, 0.717) is 17.8 Å². The monoisotopic (exact) mass is 353 g/mol. The molecule has 4 bridgehead atoms. The number of nitrogens with one attached hydrogen (secondary N) is 1. The SMILES string of the molecule is CC(C[NH+]([O-])SC(F)(F)F)OC(=O)C12CC3CC(CC(C3)C1)C2. The van der Waals surface area contributed by atoms with E-state index in [4.69, 9.17) is 4.74 Å². The lowest BCUT2D eigenvalue weighted by molar-refractivity contribution is -0.702. The fourth-order valence-electron chi connectivity index (χ4n) is 5.12. The van der Waals surface area contributed by atoms with Crippen molar-refractivity contribution in [2.75, 3.05) is 6.54 Å². The fraction of sp³-hybridized carbons (Fsp3) is 0.933. The highest BCUT2D eigenvalue weighted by Crippen LogP contribution is 2.60. The molecule has 4 nitrogen and oxygen atoms in total. The molecule has 4 saturated carbocycles. The Hall–Kier alpha value is -0.470. The van der Waals surface area contributed by atoms with Crippen molar-refractivity contribution in [1.29, 1.82) is 0 Å². The number of quaternary nitrogens is 1. The summed E-state index contributed by atoms with van der Waals surface area (Å²) in [7, 11) is 0. The molecule has 4 fully saturated rings. The smallest absolute Gasteiger partial charge is 0.496 e. The van der Waals surface area contributed by atoms with Gasteiger partial charge in [0.25, 0.3) is 0 Å². The van der Waals surface area contributed by atoms with Crippen molar-refractivity contribution in [2.45, 2.75) is 57.1 Å². The van der Waals surface area contributed by atoms with Gasteiger partial charge in [0.1, 0.15) is 12.6 Å². The van der Waals surface area contributed by atoms with E-state index in [0.717, 1.165) is 19.3 Å². The number of hydrogen-bond donors (Lipinski definition) is 1. The van der Waals surface area contributed by atoms with Gasteiger partial charge in [0, 0.05) is 0 Å². The van der Waals surface area contributed by atoms with E-state index in [9.17, 15) is 23.2 Å². The summed E-state index contributed by atoms with van der Waals surface area (Å²) in [6.07, 6.45) is 5.31. The Labute approximate surface area is 137 Å². The number of rotatable bonds is 5. The Balaban J connectivity index is 1.55. The summed E-state index contributed by atoms with van der Waals surface area (Å²) in [5.74, 6) is 1.47. The second-order valence-corrected chi connectivity index (χ2v) is 8.66. The highest BCUT2D eigenvalue weighted by atomic mass is 32.2. The van der Waals surface area contributed by atoms with E-state index in [-0.39, 0.29) is 5.97 Å². The summed E-state index contributed by atoms with van der Waals surface area (Å²) >= 11 is -0.659. The van der Waals surface area contributed by atoms with Crippen LogP contribution >= 0.6 is 11.9 Å². The maximum Gasteiger partial charge on any atom is 0.496 e. The number of halogens is 3. The Bertz CT molecular complexity index is 436. The molecule has 23 heavy (non-hydrogen) atoms. The summed E-state index contributed by atoms with van der Waals surface area (Å²) in [4.78, 5) is 12.6. The number of ether oxygens (including phenoxy) is 1. The van der Waals surface area contributed by atoms with Crippen molar-refractivity contribution in [3.63, 3.8) is 0 Å². The maximum absolute atomic E-state index is 12.6. The zero-order valence-electron chi connectivity index (χ0n) is 13.0. The van der Waals surface area contributed by atoms with Crippen LogP contribution in [0.4, 0.5) is 13.2 Å². The van der Waals surface area contributed by atoms with Gasteiger partial charge in [0.15, 0.2) is 11.9 Å². The zero-order chi connectivity index (χ0) is 16.8. The number of hydrogen-bond acceptors (Lipinski definition) is 4. The zero-order valence-corrected chi connectivity index (χ0v) is 13.8. The van der Waals surface area contributed by atoms with Crippen LogP contribution in [0.1, 0.15) is 45.4 Å². The molecule has 0 aromatic heterocycles. The van der Waals surface area contributed by atoms with E-state index in [1.54, 1.807) is 0 Å². The van der Waals surface area contributed by atoms with Crippen LogP contribution in [0.3, 0.4) is 0 Å². The average Bonchev–Trinajstić information content (AvgIpc) is 2.33. The van der Waals surface area contributed by atoms with Gasteiger partial charge in [-0.25, -0.2) is 0 Å². The molecule has 0 spiro atoms. The molecule has 1 N–H and O–H groups in total. The summed E-state index contributed by atoms with van der Waals surface area (Å²) < 4.78 is 40.8. The van der Waals surface area contributed by atoms with Gasteiger partial charge in [-0.15, -0.1) is 0 Å². The van der Waals surface area contributed by atoms with Crippen LogP contribution in [0, 0.1) is 28.4 Å². The van der Waals surface area contributed by atoms with Gasteiger partial charge in [0.05, 0.1) is 5.41 Å². The van der Waals surface area contributed by atoms with Crippen molar-refractivity contribution in [1.82, 2.24) is 0 Å². The number of hydroxylamine groups is 1. The molecule has 2 atom stereocenters. The Kier molecular flexibility index (Phi) is 4.61. The lowest BCUT2D eigenvalue weighted by Crippen LogP contribution is -3.02. The quantitative estimate of drug-likeness (QED) is 0.469. The number of carbonyl (C=O) groups excluding carboxylic acids is 1. The van der Waals surface area contributed by atoms with Gasteiger partial charge >= 0.3 is 11.5 Å². The van der Waals surface area contributed by atoms with E-state index in [2.05, 4.69) is 0 Å². The Morgan fingerprint density at radius 3 is 2.17 bits per heavy atom. The van der Waals surface area contributed by atoms with Crippen molar-refractivity contribution < 1.29 is 27.2 Å². The average molecular weight is 353 g/mol. The third kappa shape index (κ3) is 3.96. The minimum Gasteiger partial charge on any atom is -0.621 e. The number of esters is 1. The van der Waals surface area contributed by atoms with E-state index >= 15 is 0 Å². The molecule has 0 aliphatic heterocycles. The van der Waals surface area contributed by atoms with Gasteiger partial charge in [0.2, 0.25) is 0 Å². The van der Waals surface area contributed by atoms with Gasteiger partial charge in [-0.2, -0.15) is 13.2 Å². The first-order chi connectivity index (χ1) is 10.7. The maximum atomic E-state index is 12.6. The second-order valence-electron chi connectivity index (χ2n) is 7.54. The normalized spacial score (nSPS) is 38.4. The number of alkyl halides is 3. The van der Waals surface area contributed by atoms with Crippen molar-refractivity contribution in [2.24, 2.45) is 23.2 Å². The predicted octanol–water partition coefficient (Wildman–Crippen LogP) is 2.69. The van der Waals surface area contributed by atoms with Crippen LogP contribution in [-0.2, 0) is 9.53 Å². The molecule has 0 saturated heterocycles. The second kappa shape index (κ2) is 6.11.